The van der Waals surface area contributed by atoms with Crippen LogP contribution in [0.2, 0.25) is 4.34 Å². The van der Waals surface area contributed by atoms with Crippen molar-refractivity contribution in [1.29, 1.82) is 0 Å². The summed E-state index contributed by atoms with van der Waals surface area (Å²) < 4.78 is 28.3. The van der Waals surface area contributed by atoms with Crippen LogP contribution in [0.25, 0.3) is 20.9 Å². The van der Waals surface area contributed by atoms with E-state index in [1.807, 2.05) is 6.07 Å². The highest BCUT2D eigenvalue weighted by atomic mass is 35.5. The Kier molecular flexibility index (Phi) is 5.30. The number of nitrogens with zero attached hydrogens (tertiary/aromatic N) is 4. The number of thiophene rings is 1. The smallest absolute Gasteiger partial charge is 0.273 e. The third-order valence-corrected chi connectivity index (χ3v) is 9.25. The lowest BCUT2D eigenvalue weighted by Crippen LogP contribution is -2.50. The van der Waals surface area contributed by atoms with Crippen LogP contribution >= 0.6 is 34.3 Å². The van der Waals surface area contributed by atoms with Crippen LogP contribution in [0, 0.1) is 0 Å². The van der Waals surface area contributed by atoms with Crippen LogP contribution in [0.5, 0.6) is 0 Å². The van der Waals surface area contributed by atoms with E-state index in [0.717, 1.165) is 9.88 Å². The van der Waals surface area contributed by atoms with Crippen molar-refractivity contribution >= 4 is 61.2 Å². The lowest BCUT2D eigenvalue weighted by molar-refractivity contribution is 0.0693. The van der Waals surface area contributed by atoms with Gasteiger partial charge in [-0.25, -0.2) is 18.4 Å². The summed E-state index contributed by atoms with van der Waals surface area (Å²) in [7, 11) is -3.69. The van der Waals surface area contributed by atoms with Crippen LogP contribution in [0.3, 0.4) is 0 Å². The summed E-state index contributed by atoms with van der Waals surface area (Å²) in [6, 6.07) is 7.11. The minimum atomic E-state index is -3.69. The van der Waals surface area contributed by atoms with E-state index in [1.54, 1.807) is 34.7 Å². The van der Waals surface area contributed by atoms with Crippen molar-refractivity contribution in [2.45, 2.75) is 4.90 Å². The number of carbonyl (C=O) groups is 1. The number of halogens is 1. The van der Waals surface area contributed by atoms with Crippen LogP contribution in [-0.2, 0) is 10.0 Å². The van der Waals surface area contributed by atoms with E-state index in [4.69, 9.17) is 11.6 Å². The van der Waals surface area contributed by atoms with Gasteiger partial charge in [-0.1, -0.05) is 11.6 Å². The molecule has 0 aliphatic carbocycles. The number of carbonyl (C=O) groups excluding carboxylic acids is 1. The fraction of sp³-hybridized carbons (Fsp3) is 0.211. The quantitative estimate of drug-likeness (QED) is 0.468. The number of hydrogen-bond donors (Lipinski definition) is 1. The molecule has 1 N–H and O–H groups in total. The zero-order valence-corrected chi connectivity index (χ0v) is 19.2. The average Bonchev–Trinajstić information content (AvgIpc) is 3.52. The summed E-state index contributed by atoms with van der Waals surface area (Å²) in [6.07, 6.45) is 3.08. The molecule has 5 rings (SSSR count). The highest BCUT2D eigenvalue weighted by Gasteiger charge is 2.32. The fourth-order valence-electron chi connectivity index (χ4n) is 3.49. The minimum absolute atomic E-state index is 0.196. The molecule has 4 aromatic heterocycles. The van der Waals surface area contributed by atoms with Gasteiger partial charge in [0.2, 0.25) is 10.0 Å². The first-order valence-electron chi connectivity index (χ1n) is 9.36. The van der Waals surface area contributed by atoms with E-state index in [2.05, 4.69) is 15.0 Å². The Morgan fingerprint density at radius 3 is 2.71 bits per heavy atom. The monoisotopic (exact) mass is 493 g/mol. The number of pyridine rings is 1. The lowest BCUT2D eigenvalue weighted by atomic mass is 10.3. The highest BCUT2D eigenvalue weighted by Crippen LogP contribution is 2.33. The molecular weight excluding hydrogens is 478 g/mol. The Balaban J connectivity index is 1.29. The molecule has 160 valence electrons. The summed E-state index contributed by atoms with van der Waals surface area (Å²) in [5, 5.41) is 3.03. The molecular formula is C19H16ClN5O3S3. The normalized spacial score (nSPS) is 15.6. The third-order valence-electron chi connectivity index (χ3n) is 5.06. The summed E-state index contributed by atoms with van der Waals surface area (Å²) >= 11 is 8.78. The van der Waals surface area contributed by atoms with Crippen molar-refractivity contribution in [3.05, 3.63) is 52.1 Å². The van der Waals surface area contributed by atoms with Crippen LogP contribution in [-0.4, -0.2) is 64.7 Å². The van der Waals surface area contributed by atoms with Crippen LogP contribution in [0.1, 0.15) is 10.5 Å². The van der Waals surface area contributed by atoms with Gasteiger partial charge in [0.1, 0.15) is 21.2 Å². The van der Waals surface area contributed by atoms with E-state index in [-0.39, 0.29) is 23.9 Å². The number of nitrogens with one attached hydrogen (secondary N) is 1. The number of aromatic amines is 1. The molecule has 1 aliphatic heterocycles. The van der Waals surface area contributed by atoms with Gasteiger partial charge in [-0.2, -0.15) is 4.31 Å². The first-order chi connectivity index (χ1) is 14.9. The van der Waals surface area contributed by atoms with Crippen LogP contribution < -0.4 is 0 Å². The summed E-state index contributed by atoms with van der Waals surface area (Å²) in [5.74, 6) is -0.196. The van der Waals surface area contributed by atoms with Crippen molar-refractivity contribution in [2.24, 2.45) is 0 Å². The van der Waals surface area contributed by atoms with Crippen molar-refractivity contribution < 1.29 is 13.2 Å². The molecule has 0 atom stereocenters. The molecule has 1 saturated heterocycles. The molecule has 1 fully saturated rings. The Labute approximate surface area is 191 Å². The summed E-state index contributed by atoms with van der Waals surface area (Å²) in [6.45, 7) is 1.05. The molecule has 0 aromatic carbocycles. The second-order valence-corrected chi connectivity index (χ2v) is 11.4. The van der Waals surface area contributed by atoms with E-state index in [1.165, 1.54) is 33.2 Å². The van der Waals surface area contributed by atoms with Gasteiger partial charge in [-0.15, -0.1) is 22.7 Å². The maximum atomic E-state index is 13.1. The van der Waals surface area contributed by atoms with Gasteiger partial charge in [-0.05, 0) is 24.3 Å². The zero-order chi connectivity index (χ0) is 21.6. The minimum Gasteiger partial charge on any atom is -0.345 e. The lowest BCUT2D eigenvalue weighted by Gasteiger charge is -2.33. The SMILES string of the molecule is O=C(c1csc(-c2ccc(Cl)s2)n1)N1CCN(S(=O)(=O)c2c[nH]c3ncccc23)CC1. The number of fused-ring (bicyclic) bond motifs is 1. The molecule has 4 aromatic rings. The Bertz CT molecular complexity index is 1370. The number of amides is 1. The van der Waals surface area contributed by atoms with Gasteiger partial charge in [-0.3, -0.25) is 4.79 Å². The highest BCUT2D eigenvalue weighted by molar-refractivity contribution is 7.89. The number of hydrogen-bond acceptors (Lipinski definition) is 7. The molecule has 1 amide bonds. The molecule has 1 aliphatic rings. The van der Waals surface area contributed by atoms with Crippen molar-refractivity contribution in [3.8, 4) is 9.88 Å². The first kappa shape index (κ1) is 20.6. The molecule has 0 bridgehead atoms. The van der Waals surface area contributed by atoms with Gasteiger partial charge in [0.15, 0.2) is 0 Å². The number of sulfonamides is 1. The van der Waals surface area contributed by atoms with Gasteiger partial charge < -0.3 is 9.88 Å². The van der Waals surface area contributed by atoms with E-state index >= 15 is 0 Å². The van der Waals surface area contributed by atoms with Crippen LogP contribution in [0.15, 0.2) is 46.9 Å². The average molecular weight is 494 g/mol. The number of H-pyrrole nitrogens is 1. The number of aromatic nitrogens is 3. The largest absolute Gasteiger partial charge is 0.345 e. The number of piperazine rings is 1. The number of thiazole rings is 1. The molecule has 0 spiro atoms. The maximum absolute atomic E-state index is 13.1. The van der Waals surface area contributed by atoms with E-state index in [9.17, 15) is 13.2 Å². The zero-order valence-electron chi connectivity index (χ0n) is 16.0. The Hall–Kier alpha value is -2.31. The topological polar surface area (TPSA) is 99.3 Å². The molecule has 0 radical (unpaired) electrons. The molecule has 5 heterocycles. The van der Waals surface area contributed by atoms with Gasteiger partial charge in [0.05, 0.1) is 9.21 Å². The predicted molar refractivity (Wildman–Crippen MR) is 121 cm³/mol. The Morgan fingerprint density at radius 2 is 1.97 bits per heavy atom. The molecule has 0 saturated carbocycles. The Morgan fingerprint density at radius 1 is 1.16 bits per heavy atom. The second-order valence-electron chi connectivity index (χ2n) is 6.89. The predicted octanol–water partition coefficient (Wildman–Crippen LogP) is 3.55. The van der Waals surface area contributed by atoms with Crippen molar-refractivity contribution in [2.75, 3.05) is 26.2 Å². The van der Waals surface area contributed by atoms with Crippen LogP contribution in [0.4, 0.5) is 0 Å². The number of rotatable bonds is 4. The fourth-order valence-corrected chi connectivity index (χ4v) is 6.97. The first-order valence-corrected chi connectivity index (χ1v) is 12.9. The molecule has 12 heteroatoms. The third kappa shape index (κ3) is 3.76. The van der Waals surface area contributed by atoms with Crippen molar-refractivity contribution in [3.63, 3.8) is 0 Å². The molecule has 0 unspecified atom stereocenters. The van der Waals surface area contributed by atoms with E-state index in [0.29, 0.717) is 34.2 Å². The standard InChI is InChI=1S/C19H16ClN5O3S3/c20-16-4-3-14(30-16)18-23-13(11-29-18)19(26)24-6-8-25(9-7-24)31(27,28)15-10-22-17-12(15)2-1-5-21-17/h1-5,10-11H,6-9H2,(H,21,22). The summed E-state index contributed by atoms with van der Waals surface area (Å²) in [5.41, 5.74) is 0.893. The van der Waals surface area contributed by atoms with Crippen molar-refractivity contribution in [1.82, 2.24) is 24.2 Å². The van der Waals surface area contributed by atoms with E-state index < -0.39 is 10.0 Å². The second kappa shape index (κ2) is 7.99. The molecule has 31 heavy (non-hydrogen) atoms. The molecule has 8 nitrogen and oxygen atoms in total. The van der Waals surface area contributed by atoms with Gasteiger partial charge in [0, 0.05) is 49.3 Å². The summed E-state index contributed by atoms with van der Waals surface area (Å²) in [4.78, 5) is 27.1. The van der Waals surface area contributed by atoms with Gasteiger partial charge >= 0.3 is 0 Å². The van der Waals surface area contributed by atoms with Gasteiger partial charge in [0.25, 0.3) is 5.91 Å². The maximum Gasteiger partial charge on any atom is 0.273 e.